The summed E-state index contributed by atoms with van der Waals surface area (Å²) in [5.74, 6) is 1.36. The lowest BCUT2D eigenvalue weighted by Gasteiger charge is -2.12. The maximum atomic E-state index is 14.2. The molecule has 148 valence electrons. The lowest BCUT2D eigenvalue weighted by Crippen LogP contribution is -2.01. The van der Waals surface area contributed by atoms with Gasteiger partial charge in [-0.2, -0.15) is 0 Å². The molecule has 0 aliphatic carbocycles. The van der Waals surface area contributed by atoms with E-state index in [2.05, 4.69) is 0 Å². The van der Waals surface area contributed by atoms with E-state index in [9.17, 15) is 4.39 Å². The summed E-state index contributed by atoms with van der Waals surface area (Å²) >= 11 is 0. The van der Waals surface area contributed by atoms with Gasteiger partial charge in [-0.3, -0.25) is 0 Å². The smallest absolute Gasteiger partial charge is 0.164 e. The van der Waals surface area contributed by atoms with Crippen molar-refractivity contribution in [3.63, 3.8) is 0 Å². The van der Waals surface area contributed by atoms with E-state index in [0.717, 1.165) is 27.8 Å². The Morgan fingerprint density at radius 2 is 0.871 bits per heavy atom. The van der Waals surface area contributed by atoms with Gasteiger partial charge in [-0.15, -0.1) is 0 Å². The van der Waals surface area contributed by atoms with Gasteiger partial charge < -0.3 is 0 Å². The average Bonchev–Trinajstić information content (AvgIpc) is 2.85. The number of nitrogens with zero attached hydrogens (tertiary/aromatic N) is 3. The van der Waals surface area contributed by atoms with Gasteiger partial charge in [0, 0.05) is 16.7 Å². The number of benzene rings is 4. The van der Waals surface area contributed by atoms with E-state index in [0.29, 0.717) is 17.5 Å². The Morgan fingerprint density at radius 1 is 0.419 bits per heavy atom. The van der Waals surface area contributed by atoms with E-state index >= 15 is 0 Å². The van der Waals surface area contributed by atoms with Crippen LogP contribution in [0.5, 0.6) is 0 Å². The second kappa shape index (κ2) is 8.28. The molecule has 1 heterocycles. The second-order valence-electron chi connectivity index (χ2n) is 7.09. The molecule has 0 N–H and O–H groups in total. The Kier molecular flexibility index (Phi) is 5.03. The summed E-state index contributed by atoms with van der Waals surface area (Å²) in [6, 6.07) is 34.0. The zero-order chi connectivity index (χ0) is 21.0. The number of rotatable bonds is 4. The summed E-state index contributed by atoms with van der Waals surface area (Å²) in [6.07, 6.45) is 0. The zero-order valence-corrected chi connectivity index (χ0v) is 16.6. The molecule has 0 aliphatic rings. The van der Waals surface area contributed by atoms with Crippen LogP contribution in [0.1, 0.15) is 0 Å². The minimum atomic E-state index is -0.303. The lowest BCUT2D eigenvalue weighted by molar-refractivity contribution is 0.628. The summed E-state index contributed by atoms with van der Waals surface area (Å²) in [4.78, 5) is 14.3. The molecule has 0 saturated carbocycles. The Balaban J connectivity index is 1.75. The molecule has 0 amide bonds. The van der Waals surface area contributed by atoms with Gasteiger partial charge in [-0.1, -0.05) is 91.0 Å². The van der Waals surface area contributed by atoms with Crippen molar-refractivity contribution in [2.75, 3.05) is 0 Å². The van der Waals surface area contributed by atoms with Gasteiger partial charge >= 0.3 is 0 Å². The van der Waals surface area contributed by atoms with E-state index in [1.807, 2.05) is 91.0 Å². The van der Waals surface area contributed by atoms with Gasteiger partial charge in [0.1, 0.15) is 5.82 Å². The van der Waals surface area contributed by atoms with Crippen molar-refractivity contribution in [1.29, 1.82) is 0 Å². The molecule has 0 unspecified atom stereocenters. The quantitative estimate of drug-likeness (QED) is 0.336. The molecule has 0 saturated heterocycles. The fourth-order valence-corrected chi connectivity index (χ4v) is 3.50. The molecule has 0 aliphatic heterocycles. The van der Waals surface area contributed by atoms with Gasteiger partial charge in [-0.25, -0.2) is 19.3 Å². The van der Waals surface area contributed by atoms with Crippen molar-refractivity contribution in [1.82, 2.24) is 15.0 Å². The lowest BCUT2D eigenvalue weighted by atomic mass is 9.99. The molecule has 0 spiro atoms. The maximum absolute atomic E-state index is 14.2. The van der Waals surface area contributed by atoms with Crippen LogP contribution >= 0.6 is 0 Å². The molecule has 3 nitrogen and oxygen atoms in total. The van der Waals surface area contributed by atoms with Gasteiger partial charge in [-0.05, 0) is 29.3 Å². The van der Waals surface area contributed by atoms with Crippen molar-refractivity contribution in [3.05, 3.63) is 115 Å². The Hall–Kier alpha value is -4.18. The van der Waals surface area contributed by atoms with Crippen molar-refractivity contribution in [3.8, 4) is 45.3 Å². The number of hydrogen-bond donors (Lipinski definition) is 0. The molecular weight excluding hydrogens is 385 g/mol. The van der Waals surface area contributed by atoms with Crippen LogP contribution in [0.2, 0.25) is 0 Å². The second-order valence-corrected chi connectivity index (χ2v) is 7.09. The standard InChI is InChI=1S/C27H18FN3/c28-22-16-17-23(24(18-22)19-10-4-1-5-11-19)27-30-25(20-12-6-2-7-13-20)29-26(31-27)21-14-8-3-9-15-21/h1-18H. The first-order valence-electron chi connectivity index (χ1n) is 10.0. The molecule has 0 bridgehead atoms. The maximum Gasteiger partial charge on any atom is 0.164 e. The van der Waals surface area contributed by atoms with E-state index in [4.69, 9.17) is 15.0 Å². The molecule has 0 atom stereocenters. The topological polar surface area (TPSA) is 38.7 Å². The molecule has 31 heavy (non-hydrogen) atoms. The minimum Gasteiger partial charge on any atom is -0.208 e. The van der Waals surface area contributed by atoms with Crippen LogP contribution in [-0.2, 0) is 0 Å². The molecule has 5 aromatic rings. The Bertz CT molecular complexity index is 1260. The minimum absolute atomic E-state index is 0.303. The highest BCUT2D eigenvalue weighted by Crippen LogP contribution is 2.32. The van der Waals surface area contributed by atoms with Crippen molar-refractivity contribution >= 4 is 0 Å². The van der Waals surface area contributed by atoms with Crippen LogP contribution in [0.15, 0.2) is 109 Å². The first kappa shape index (κ1) is 18.8. The fraction of sp³-hybridized carbons (Fsp3) is 0. The van der Waals surface area contributed by atoms with E-state index in [1.165, 1.54) is 12.1 Å². The molecular formula is C27H18FN3. The van der Waals surface area contributed by atoms with Crippen LogP contribution in [0.4, 0.5) is 4.39 Å². The normalized spacial score (nSPS) is 10.7. The predicted molar refractivity (Wildman–Crippen MR) is 122 cm³/mol. The Morgan fingerprint density at radius 3 is 1.39 bits per heavy atom. The van der Waals surface area contributed by atoms with E-state index in [-0.39, 0.29) is 5.82 Å². The third kappa shape index (κ3) is 3.96. The monoisotopic (exact) mass is 403 g/mol. The van der Waals surface area contributed by atoms with Gasteiger partial charge in [0.15, 0.2) is 17.5 Å². The van der Waals surface area contributed by atoms with Crippen LogP contribution in [0, 0.1) is 5.82 Å². The van der Waals surface area contributed by atoms with Gasteiger partial charge in [0.05, 0.1) is 0 Å². The molecule has 0 radical (unpaired) electrons. The van der Waals surface area contributed by atoms with Crippen molar-refractivity contribution in [2.24, 2.45) is 0 Å². The predicted octanol–water partition coefficient (Wildman–Crippen LogP) is 6.68. The van der Waals surface area contributed by atoms with Gasteiger partial charge in [0.25, 0.3) is 0 Å². The molecule has 0 fully saturated rings. The summed E-state index contributed by atoms with van der Waals surface area (Å²) in [7, 11) is 0. The SMILES string of the molecule is Fc1ccc(-c2nc(-c3ccccc3)nc(-c3ccccc3)n2)c(-c2ccccc2)c1. The fourth-order valence-electron chi connectivity index (χ4n) is 3.50. The molecule has 4 aromatic carbocycles. The molecule has 5 rings (SSSR count). The highest BCUT2D eigenvalue weighted by atomic mass is 19.1. The highest BCUT2D eigenvalue weighted by molar-refractivity contribution is 5.81. The first-order valence-corrected chi connectivity index (χ1v) is 10.0. The first-order chi connectivity index (χ1) is 15.3. The zero-order valence-electron chi connectivity index (χ0n) is 16.6. The summed E-state index contributed by atoms with van der Waals surface area (Å²) in [6.45, 7) is 0. The van der Waals surface area contributed by atoms with Crippen LogP contribution in [0.3, 0.4) is 0 Å². The average molecular weight is 403 g/mol. The number of hydrogen-bond acceptors (Lipinski definition) is 3. The molecule has 4 heteroatoms. The van der Waals surface area contributed by atoms with Gasteiger partial charge in [0.2, 0.25) is 0 Å². The largest absolute Gasteiger partial charge is 0.208 e. The Labute approximate surface area is 179 Å². The summed E-state index contributed by atoms with van der Waals surface area (Å²) in [5.41, 5.74) is 4.19. The van der Waals surface area contributed by atoms with Crippen LogP contribution in [0.25, 0.3) is 45.3 Å². The van der Waals surface area contributed by atoms with Crippen molar-refractivity contribution < 1.29 is 4.39 Å². The van der Waals surface area contributed by atoms with E-state index in [1.54, 1.807) is 6.07 Å². The summed E-state index contributed by atoms with van der Waals surface area (Å²) in [5, 5.41) is 0. The summed E-state index contributed by atoms with van der Waals surface area (Å²) < 4.78 is 14.2. The molecule has 1 aromatic heterocycles. The van der Waals surface area contributed by atoms with E-state index < -0.39 is 0 Å². The number of aromatic nitrogens is 3. The highest BCUT2D eigenvalue weighted by Gasteiger charge is 2.16. The van der Waals surface area contributed by atoms with Crippen LogP contribution in [-0.4, -0.2) is 15.0 Å². The third-order valence-corrected chi connectivity index (χ3v) is 5.01. The third-order valence-electron chi connectivity index (χ3n) is 5.01. The van der Waals surface area contributed by atoms with Crippen LogP contribution < -0.4 is 0 Å². The number of halogens is 1. The van der Waals surface area contributed by atoms with Crippen molar-refractivity contribution in [2.45, 2.75) is 0 Å².